The highest BCUT2D eigenvalue weighted by Crippen LogP contribution is 2.25. The molecule has 3 aromatic rings. The average molecular weight is 387 g/mol. The van der Waals surface area contributed by atoms with Crippen LogP contribution in [-0.2, 0) is 0 Å². The quantitative estimate of drug-likeness (QED) is 0.597. The summed E-state index contributed by atoms with van der Waals surface area (Å²) in [6, 6.07) is 12.6. The SMILES string of the molecule is CCOc1ccc(C(=O)COc2ncnc3ccc(Br)cc23)cc1. The van der Waals surface area contributed by atoms with Crippen molar-refractivity contribution in [1.82, 2.24) is 9.97 Å². The van der Waals surface area contributed by atoms with Crippen LogP contribution in [0, 0.1) is 0 Å². The zero-order valence-corrected chi connectivity index (χ0v) is 14.6. The van der Waals surface area contributed by atoms with Gasteiger partial charge >= 0.3 is 0 Å². The zero-order chi connectivity index (χ0) is 16.9. The Labute approximate surface area is 147 Å². The zero-order valence-electron chi connectivity index (χ0n) is 13.0. The van der Waals surface area contributed by atoms with Crippen LogP contribution in [0.25, 0.3) is 10.9 Å². The Hall–Kier alpha value is -2.47. The first kappa shape index (κ1) is 16.4. The summed E-state index contributed by atoms with van der Waals surface area (Å²) in [6.07, 6.45) is 1.42. The molecular weight excluding hydrogens is 372 g/mol. The van der Waals surface area contributed by atoms with Crippen molar-refractivity contribution in [2.24, 2.45) is 0 Å². The van der Waals surface area contributed by atoms with E-state index in [0.29, 0.717) is 18.1 Å². The highest BCUT2D eigenvalue weighted by molar-refractivity contribution is 9.10. The van der Waals surface area contributed by atoms with E-state index in [1.807, 2.05) is 25.1 Å². The van der Waals surface area contributed by atoms with E-state index in [9.17, 15) is 4.79 Å². The van der Waals surface area contributed by atoms with Gasteiger partial charge in [0.05, 0.1) is 17.5 Å². The summed E-state index contributed by atoms with van der Waals surface area (Å²) >= 11 is 3.41. The van der Waals surface area contributed by atoms with Crippen molar-refractivity contribution in [2.75, 3.05) is 13.2 Å². The molecule has 0 amide bonds. The van der Waals surface area contributed by atoms with Gasteiger partial charge in [-0.05, 0) is 49.4 Å². The largest absolute Gasteiger partial charge is 0.494 e. The average Bonchev–Trinajstić information content (AvgIpc) is 2.60. The van der Waals surface area contributed by atoms with Crippen LogP contribution in [-0.4, -0.2) is 29.0 Å². The molecule has 3 rings (SSSR count). The lowest BCUT2D eigenvalue weighted by atomic mass is 10.1. The van der Waals surface area contributed by atoms with Gasteiger partial charge in [0.2, 0.25) is 5.88 Å². The molecule has 1 heterocycles. The van der Waals surface area contributed by atoms with Crippen LogP contribution < -0.4 is 9.47 Å². The second-order valence-corrected chi connectivity index (χ2v) is 5.93. The number of ether oxygens (including phenoxy) is 2. The Balaban J connectivity index is 1.73. The standard InChI is InChI=1S/C18H15BrN2O3/c1-2-23-14-6-3-12(4-7-14)17(22)10-24-18-15-9-13(19)5-8-16(15)20-11-21-18/h3-9,11H,2,10H2,1H3. The van der Waals surface area contributed by atoms with Gasteiger partial charge in [-0.2, -0.15) is 0 Å². The molecule has 122 valence electrons. The van der Waals surface area contributed by atoms with Crippen molar-refractivity contribution in [1.29, 1.82) is 0 Å². The molecule has 0 spiro atoms. The Bertz CT molecular complexity index is 866. The number of aromatic nitrogens is 2. The molecule has 0 bridgehead atoms. The number of halogens is 1. The maximum Gasteiger partial charge on any atom is 0.224 e. The summed E-state index contributed by atoms with van der Waals surface area (Å²) in [6.45, 7) is 2.41. The second-order valence-electron chi connectivity index (χ2n) is 5.01. The lowest BCUT2D eigenvalue weighted by Crippen LogP contribution is -2.12. The Morgan fingerprint density at radius 3 is 2.62 bits per heavy atom. The fourth-order valence-electron chi connectivity index (χ4n) is 2.24. The summed E-state index contributed by atoms with van der Waals surface area (Å²) in [5, 5.41) is 0.756. The number of Topliss-reactive ketones (excluding diaryl/α,β-unsaturated/α-hetero) is 1. The fourth-order valence-corrected chi connectivity index (χ4v) is 2.60. The first-order chi connectivity index (χ1) is 11.7. The Morgan fingerprint density at radius 2 is 1.88 bits per heavy atom. The minimum absolute atomic E-state index is 0.0907. The van der Waals surface area contributed by atoms with E-state index in [0.717, 1.165) is 21.1 Å². The van der Waals surface area contributed by atoms with Crippen LogP contribution in [0.5, 0.6) is 11.6 Å². The van der Waals surface area contributed by atoms with Crippen LogP contribution in [0.3, 0.4) is 0 Å². The molecule has 2 aromatic carbocycles. The number of carbonyl (C=O) groups is 1. The number of nitrogens with zero attached hydrogens (tertiary/aromatic N) is 2. The highest BCUT2D eigenvalue weighted by atomic mass is 79.9. The van der Waals surface area contributed by atoms with Gasteiger partial charge in [0.1, 0.15) is 12.1 Å². The van der Waals surface area contributed by atoms with Gasteiger partial charge in [0.25, 0.3) is 0 Å². The third kappa shape index (κ3) is 3.71. The van der Waals surface area contributed by atoms with Gasteiger partial charge in [0.15, 0.2) is 12.4 Å². The number of hydrogen-bond acceptors (Lipinski definition) is 5. The van der Waals surface area contributed by atoms with Gasteiger partial charge in [-0.1, -0.05) is 15.9 Å². The molecule has 0 aliphatic rings. The molecule has 0 radical (unpaired) electrons. The molecule has 0 saturated heterocycles. The van der Waals surface area contributed by atoms with Crippen LogP contribution in [0.15, 0.2) is 53.3 Å². The van der Waals surface area contributed by atoms with Gasteiger partial charge in [-0.15, -0.1) is 0 Å². The van der Waals surface area contributed by atoms with Gasteiger partial charge in [0, 0.05) is 10.0 Å². The first-order valence-electron chi connectivity index (χ1n) is 7.46. The molecule has 0 unspecified atom stereocenters. The molecule has 0 saturated carbocycles. The van der Waals surface area contributed by atoms with Crippen molar-refractivity contribution in [2.45, 2.75) is 6.92 Å². The molecule has 1 aromatic heterocycles. The van der Waals surface area contributed by atoms with E-state index >= 15 is 0 Å². The maximum atomic E-state index is 12.3. The number of hydrogen-bond donors (Lipinski definition) is 0. The lowest BCUT2D eigenvalue weighted by Gasteiger charge is -2.08. The molecule has 6 heteroatoms. The Morgan fingerprint density at radius 1 is 1.08 bits per heavy atom. The van der Waals surface area contributed by atoms with E-state index in [-0.39, 0.29) is 12.4 Å². The minimum atomic E-state index is -0.125. The predicted octanol–water partition coefficient (Wildman–Crippen LogP) is 4.05. The Kier molecular flexibility index (Phi) is 5.05. The molecule has 0 fully saturated rings. The molecule has 5 nitrogen and oxygen atoms in total. The minimum Gasteiger partial charge on any atom is -0.494 e. The van der Waals surface area contributed by atoms with Gasteiger partial charge in [-0.25, -0.2) is 9.97 Å². The van der Waals surface area contributed by atoms with E-state index < -0.39 is 0 Å². The summed E-state index contributed by atoms with van der Waals surface area (Å²) in [4.78, 5) is 20.6. The van der Waals surface area contributed by atoms with Crippen molar-refractivity contribution in [3.05, 3.63) is 58.8 Å². The lowest BCUT2D eigenvalue weighted by molar-refractivity contribution is 0.0919. The van der Waals surface area contributed by atoms with Gasteiger partial charge < -0.3 is 9.47 Å². The summed E-state index contributed by atoms with van der Waals surface area (Å²) in [7, 11) is 0. The van der Waals surface area contributed by atoms with Crippen LogP contribution in [0.2, 0.25) is 0 Å². The molecular formula is C18H15BrN2O3. The van der Waals surface area contributed by atoms with Crippen LogP contribution in [0.1, 0.15) is 17.3 Å². The second kappa shape index (κ2) is 7.40. The fraction of sp³-hybridized carbons (Fsp3) is 0.167. The van der Waals surface area contributed by atoms with Crippen molar-refractivity contribution < 1.29 is 14.3 Å². The normalized spacial score (nSPS) is 10.6. The predicted molar refractivity (Wildman–Crippen MR) is 94.7 cm³/mol. The van der Waals surface area contributed by atoms with E-state index in [2.05, 4.69) is 25.9 Å². The van der Waals surface area contributed by atoms with E-state index in [4.69, 9.17) is 9.47 Å². The van der Waals surface area contributed by atoms with E-state index in [1.165, 1.54) is 6.33 Å². The number of carbonyl (C=O) groups excluding carboxylic acids is 1. The summed E-state index contributed by atoms with van der Waals surface area (Å²) < 4.78 is 11.9. The maximum absolute atomic E-state index is 12.3. The third-order valence-electron chi connectivity index (χ3n) is 3.39. The monoisotopic (exact) mass is 386 g/mol. The number of rotatable bonds is 6. The van der Waals surface area contributed by atoms with Crippen molar-refractivity contribution in [3.8, 4) is 11.6 Å². The first-order valence-corrected chi connectivity index (χ1v) is 8.26. The van der Waals surface area contributed by atoms with Crippen molar-refractivity contribution in [3.63, 3.8) is 0 Å². The van der Waals surface area contributed by atoms with Crippen LogP contribution >= 0.6 is 15.9 Å². The molecule has 0 aliphatic heterocycles. The van der Waals surface area contributed by atoms with Crippen molar-refractivity contribution >= 4 is 32.6 Å². The molecule has 24 heavy (non-hydrogen) atoms. The smallest absolute Gasteiger partial charge is 0.224 e. The van der Waals surface area contributed by atoms with E-state index in [1.54, 1.807) is 24.3 Å². The number of fused-ring (bicyclic) bond motifs is 1. The summed E-state index contributed by atoms with van der Waals surface area (Å²) in [5.41, 5.74) is 1.33. The number of ketones is 1. The number of benzene rings is 2. The molecule has 0 atom stereocenters. The highest BCUT2D eigenvalue weighted by Gasteiger charge is 2.10. The summed E-state index contributed by atoms with van der Waals surface area (Å²) in [5.74, 6) is 1.00. The topological polar surface area (TPSA) is 61.3 Å². The molecule has 0 aliphatic carbocycles. The van der Waals surface area contributed by atoms with Crippen LogP contribution in [0.4, 0.5) is 0 Å². The third-order valence-corrected chi connectivity index (χ3v) is 3.88. The van der Waals surface area contributed by atoms with Gasteiger partial charge in [-0.3, -0.25) is 4.79 Å². The molecule has 0 N–H and O–H groups in total.